The third kappa shape index (κ3) is 3.91. The molecule has 20 heavy (non-hydrogen) atoms. The van der Waals surface area contributed by atoms with E-state index in [0.29, 0.717) is 37.9 Å². The zero-order valence-corrected chi connectivity index (χ0v) is 12.8. The van der Waals surface area contributed by atoms with Crippen LogP contribution in [0.25, 0.3) is 0 Å². The molecule has 2 rings (SSSR count). The lowest BCUT2D eigenvalue weighted by atomic mass is 10.2. The number of halogens is 1. The average molecular weight is 320 g/mol. The normalized spacial score (nSPS) is 17.3. The molecule has 1 aromatic carbocycles. The number of nitrogens with zero attached hydrogens (tertiary/aromatic N) is 1. The fraction of sp³-hybridized carbons (Fsp3) is 0.500. The van der Waals surface area contributed by atoms with Gasteiger partial charge in [0.1, 0.15) is 0 Å². The molecule has 1 aromatic rings. The highest BCUT2D eigenvalue weighted by Crippen LogP contribution is 2.20. The predicted octanol–water partition coefficient (Wildman–Crippen LogP) is 0.585. The van der Waals surface area contributed by atoms with E-state index in [2.05, 4.69) is 10.1 Å². The van der Waals surface area contributed by atoms with Crippen molar-refractivity contribution >= 4 is 21.6 Å². The van der Waals surface area contributed by atoms with Crippen molar-refractivity contribution in [3.8, 4) is 0 Å². The maximum atomic E-state index is 12.3. The third-order valence-electron chi connectivity index (χ3n) is 2.96. The molecule has 0 saturated carbocycles. The number of rotatable bonds is 5. The van der Waals surface area contributed by atoms with E-state index >= 15 is 0 Å². The van der Waals surface area contributed by atoms with E-state index in [1.165, 1.54) is 6.07 Å². The number of sulfonamides is 1. The highest BCUT2D eigenvalue weighted by molar-refractivity contribution is 7.89. The van der Waals surface area contributed by atoms with Gasteiger partial charge >= 0.3 is 0 Å². The molecule has 1 heterocycles. The van der Waals surface area contributed by atoms with Crippen LogP contribution in [0, 0.1) is 0 Å². The van der Waals surface area contributed by atoms with Crippen molar-refractivity contribution in [2.24, 2.45) is 0 Å². The maximum absolute atomic E-state index is 12.3. The lowest BCUT2D eigenvalue weighted by Crippen LogP contribution is -2.48. The molecule has 0 atom stereocenters. The van der Waals surface area contributed by atoms with Crippen molar-refractivity contribution < 1.29 is 13.2 Å². The van der Waals surface area contributed by atoms with Gasteiger partial charge in [0.25, 0.3) is 10.0 Å². The van der Waals surface area contributed by atoms with Crippen molar-refractivity contribution in [2.75, 3.05) is 33.4 Å². The topological polar surface area (TPSA) is 70.7 Å². The number of nitrogens with one attached hydrogen (secondary N) is 2. The molecule has 8 heteroatoms. The quantitative estimate of drug-likeness (QED) is 0.831. The van der Waals surface area contributed by atoms with Crippen LogP contribution in [-0.4, -0.2) is 46.8 Å². The molecular weight excluding hydrogens is 302 g/mol. The van der Waals surface area contributed by atoms with Gasteiger partial charge in [-0.25, -0.2) is 13.4 Å². The molecule has 0 unspecified atom stereocenters. The van der Waals surface area contributed by atoms with Crippen LogP contribution in [0.2, 0.25) is 5.02 Å². The van der Waals surface area contributed by atoms with Crippen LogP contribution in [0.3, 0.4) is 0 Å². The second-order valence-corrected chi connectivity index (χ2v) is 6.55. The van der Waals surface area contributed by atoms with Crippen LogP contribution in [0.4, 0.5) is 0 Å². The molecule has 1 fully saturated rings. The Morgan fingerprint density at radius 3 is 2.70 bits per heavy atom. The second-order valence-electron chi connectivity index (χ2n) is 4.48. The summed E-state index contributed by atoms with van der Waals surface area (Å²) < 4.78 is 29.8. The van der Waals surface area contributed by atoms with Crippen LogP contribution in [0.5, 0.6) is 0 Å². The van der Waals surface area contributed by atoms with Gasteiger partial charge in [-0.3, -0.25) is 0 Å². The molecule has 1 saturated heterocycles. The van der Waals surface area contributed by atoms with Gasteiger partial charge in [0.05, 0.1) is 18.1 Å². The van der Waals surface area contributed by atoms with E-state index in [0.717, 1.165) is 5.56 Å². The molecule has 112 valence electrons. The lowest BCUT2D eigenvalue weighted by molar-refractivity contribution is 0.0272. The van der Waals surface area contributed by atoms with Crippen LogP contribution in [0.15, 0.2) is 23.1 Å². The van der Waals surface area contributed by atoms with E-state index in [1.807, 2.05) is 0 Å². The first-order valence-electron chi connectivity index (χ1n) is 6.31. The van der Waals surface area contributed by atoms with Crippen molar-refractivity contribution in [1.29, 1.82) is 0 Å². The Bertz CT molecular complexity index is 559. The van der Waals surface area contributed by atoms with Gasteiger partial charge in [0.2, 0.25) is 0 Å². The second kappa shape index (κ2) is 6.84. The predicted molar refractivity (Wildman–Crippen MR) is 76.9 cm³/mol. The minimum atomic E-state index is -3.58. The molecule has 1 aliphatic heterocycles. The van der Waals surface area contributed by atoms with Crippen LogP contribution >= 0.6 is 11.6 Å². The summed E-state index contributed by atoms with van der Waals surface area (Å²) in [5, 5.41) is 5.15. The molecule has 1 aliphatic rings. The van der Waals surface area contributed by atoms with E-state index in [4.69, 9.17) is 16.3 Å². The third-order valence-corrected chi connectivity index (χ3v) is 4.70. The van der Waals surface area contributed by atoms with E-state index in [9.17, 15) is 8.42 Å². The molecule has 0 bridgehead atoms. The Morgan fingerprint density at radius 1 is 1.35 bits per heavy atom. The summed E-state index contributed by atoms with van der Waals surface area (Å²) in [6.07, 6.45) is 0. The molecular formula is C12H18ClN3O3S. The van der Waals surface area contributed by atoms with Crippen molar-refractivity contribution in [3.63, 3.8) is 0 Å². The molecule has 6 nitrogen and oxygen atoms in total. The highest BCUT2D eigenvalue weighted by Gasteiger charge is 2.20. The Balaban J connectivity index is 2.17. The largest absolute Gasteiger partial charge is 0.379 e. The Hall–Kier alpha value is -0.700. The summed E-state index contributed by atoms with van der Waals surface area (Å²) >= 11 is 6.03. The van der Waals surface area contributed by atoms with Crippen molar-refractivity contribution in [3.05, 3.63) is 28.8 Å². The van der Waals surface area contributed by atoms with Gasteiger partial charge in [-0.1, -0.05) is 11.6 Å². The number of hydrazine groups is 1. The highest BCUT2D eigenvalue weighted by atomic mass is 35.5. The number of morpholine rings is 1. The summed E-state index contributed by atoms with van der Waals surface area (Å²) in [6.45, 7) is 2.63. The summed E-state index contributed by atoms with van der Waals surface area (Å²) in [5.74, 6) is 0. The van der Waals surface area contributed by atoms with Crippen molar-refractivity contribution in [1.82, 2.24) is 15.2 Å². The van der Waals surface area contributed by atoms with E-state index < -0.39 is 10.0 Å². The molecule has 2 N–H and O–H groups in total. The van der Waals surface area contributed by atoms with E-state index in [-0.39, 0.29) is 4.90 Å². The molecule has 0 aliphatic carbocycles. The smallest absolute Gasteiger partial charge is 0.253 e. The SMILES string of the molecule is CNCc1cc(S(=O)(=O)NN2CCOCC2)ccc1Cl. The number of benzene rings is 1. The first-order valence-corrected chi connectivity index (χ1v) is 8.17. The minimum Gasteiger partial charge on any atom is -0.379 e. The lowest BCUT2D eigenvalue weighted by Gasteiger charge is -2.26. The van der Waals surface area contributed by atoms with E-state index in [1.54, 1.807) is 24.2 Å². The van der Waals surface area contributed by atoms with Crippen LogP contribution in [-0.2, 0) is 21.3 Å². The molecule has 0 radical (unpaired) electrons. The molecule has 0 amide bonds. The van der Waals surface area contributed by atoms with Gasteiger partial charge in [-0.05, 0) is 30.8 Å². The van der Waals surface area contributed by atoms with Crippen molar-refractivity contribution in [2.45, 2.75) is 11.4 Å². The summed E-state index contributed by atoms with van der Waals surface area (Å²) in [6, 6.07) is 4.69. The van der Waals surface area contributed by atoms with Crippen LogP contribution in [0.1, 0.15) is 5.56 Å². The maximum Gasteiger partial charge on any atom is 0.253 e. The zero-order chi connectivity index (χ0) is 14.6. The Kier molecular flexibility index (Phi) is 5.36. The zero-order valence-electron chi connectivity index (χ0n) is 11.2. The number of hydrogen-bond donors (Lipinski definition) is 2. The van der Waals surface area contributed by atoms with Gasteiger partial charge in [0.15, 0.2) is 0 Å². The Morgan fingerprint density at radius 2 is 2.05 bits per heavy atom. The first-order chi connectivity index (χ1) is 9.53. The standard InChI is InChI=1S/C12H18ClN3O3S/c1-14-9-10-8-11(2-3-12(10)13)20(17,18)15-16-4-6-19-7-5-16/h2-3,8,14-15H,4-7,9H2,1H3. The fourth-order valence-electron chi connectivity index (χ4n) is 1.92. The number of hydrogen-bond acceptors (Lipinski definition) is 5. The molecule has 0 aromatic heterocycles. The first kappa shape index (κ1) is 15.7. The van der Waals surface area contributed by atoms with Gasteiger partial charge in [0, 0.05) is 24.7 Å². The monoisotopic (exact) mass is 319 g/mol. The Labute approximate surface area is 124 Å². The fourth-order valence-corrected chi connectivity index (χ4v) is 3.28. The van der Waals surface area contributed by atoms with Gasteiger partial charge in [-0.15, -0.1) is 4.83 Å². The number of ether oxygens (including phenoxy) is 1. The molecule has 0 spiro atoms. The van der Waals surface area contributed by atoms with Crippen LogP contribution < -0.4 is 10.1 Å². The summed E-state index contributed by atoms with van der Waals surface area (Å²) in [5.41, 5.74) is 0.749. The van der Waals surface area contributed by atoms with Gasteiger partial charge in [-0.2, -0.15) is 0 Å². The minimum absolute atomic E-state index is 0.207. The average Bonchev–Trinajstić information content (AvgIpc) is 2.42. The summed E-state index contributed by atoms with van der Waals surface area (Å²) in [4.78, 5) is 2.77. The van der Waals surface area contributed by atoms with Gasteiger partial charge < -0.3 is 10.1 Å². The summed E-state index contributed by atoms with van der Waals surface area (Å²) in [7, 11) is -1.80.